The zero-order chi connectivity index (χ0) is 27.8. The molecule has 0 N–H and O–H groups in total. The summed E-state index contributed by atoms with van der Waals surface area (Å²) in [7, 11) is 0. The van der Waals surface area contributed by atoms with E-state index in [2.05, 4.69) is 20.2 Å². The summed E-state index contributed by atoms with van der Waals surface area (Å²) in [6, 6.07) is 4.58. The maximum Gasteiger partial charge on any atom is 0.245 e. The van der Waals surface area contributed by atoms with E-state index in [1.165, 1.54) is 16.5 Å². The number of halogens is 1. The van der Waals surface area contributed by atoms with E-state index in [-0.39, 0.29) is 43.2 Å². The van der Waals surface area contributed by atoms with Crippen LogP contribution in [0.2, 0.25) is 0 Å². The molecule has 1 aromatic carbocycles. The van der Waals surface area contributed by atoms with E-state index in [1.807, 2.05) is 32.2 Å². The molecule has 4 heterocycles. The smallest absolute Gasteiger partial charge is 0.245 e. The first-order valence-electron chi connectivity index (χ1n) is 12.9. The molecule has 1 saturated heterocycles. The number of likely N-dealkylation sites (tertiary alicyclic amines) is 1. The zero-order valence-electron chi connectivity index (χ0n) is 22.4. The number of alkyl halides is 1. The normalized spacial score (nSPS) is 17.2. The van der Waals surface area contributed by atoms with Gasteiger partial charge in [-0.3, -0.25) is 23.7 Å². The first kappa shape index (κ1) is 26.3. The molecule has 4 aromatic rings. The fourth-order valence-electron chi connectivity index (χ4n) is 5.05. The molecule has 0 bridgehead atoms. The second kappa shape index (κ2) is 10.5. The van der Waals surface area contributed by atoms with Gasteiger partial charge in [0.15, 0.2) is 11.6 Å². The first-order chi connectivity index (χ1) is 18.6. The number of nitrogens with zero attached hydrogens (tertiary/aromatic N) is 7. The highest BCUT2D eigenvalue weighted by Gasteiger charge is 2.40. The van der Waals surface area contributed by atoms with Gasteiger partial charge in [0.2, 0.25) is 5.91 Å². The number of hydrogen-bond donors (Lipinski definition) is 0. The third kappa shape index (κ3) is 5.21. The molecule has 2 atom stereocenters. The SMILES string of the molecule is CCn1cc(C)c(CC(=O)[C@@H]2C[C@@H](F)CN2C(=O)Cn2nc(C(C)=O)c3cc(-c4cnc(C)nc4)ccc32)n1. The van der Waals surface area contributed by atoms with Crippen LogP contribution in [0.5, 0.6) is 0 Å². The molecular weight excluding hydrogens is 501 g/mol. The predicted molar refractivity (Wildman–Crippen MR) is 142 cm³/mol. The van der Waals surface area contributed by atoms with Crippen LogP contribution in [0.1, 0.15) is 47.8 Å². The average molecular weight is 532 g/mol. The summed E-state index contributed by atoms with van der Waals surface area (Å²) in [6.07, 6.45) is 3.97. The third-order valence-electron chi connectivity index (χ3n) is 7.14. The van der Waals surface area contributed by atoms with Gasteiger partial charge in [0.25, 0.3) is 0 Å². The van der Waals surface area contributed by atoms with Crippen molar-refractivity contribution in [3.63, 3.8) is 0 Å². The average Bonchev–Trinajstić information content (AvgIpc) is 3.59. The minimum atomic E-state index is -1.29. The molecule has 3 aromatic heterocycles. The molecule has 1 amide bonds. The molecule has 202 valence electrons. The number of ketones is 2. The standard InChI is InChI=1S/C28H30FN7O3/c1-5-34-13-16(2)23(32-34)10-26(38)25-9-21(29)14-35(25)27(39)15-36-24-7-6-19(20-11-30-18(4)31-12-20)8-22(24)28(33-36)17(3)37/h6-8,11-13,21,25H,5,9-10,14-15H2,1-4H3/t21-,25+/m1/s1. The molecule has 39 heavy (non-hydrogen) atoms. The quantitative estimate of drug-likeness (QED) is 0.321. The second-order valence-corrected chi connectivity index (χ2v) is 9.97. The van der Waals surface area contributed by atoms with Gasteiger partial charge in [0.1, 0.15) is 24.2 Å². The number of amides is 1. The van der Waals surface area contributed by atoms with Gasteiger partial charge in [-0.25, -0.2) is 14.4 Å². The molecule has 0 unspecified atom stereocenters. The number of rotatable bonds is 8. The van der Waals surface area contributed by atoms with Gasteiger partial charge in [-0.2, -0.15) is 10.2 Å². The second-order valence-electron chi connectivity index (χ2n) is 9.97. The molecule has 1 fully saturated rings. The molecule has 5 rings (SSSR count). The van der Waals surface area contributed by atoms with E-state index < -0.39 is 18.1 Å². The highest BCUT2D eigenvalue weighted by atomic mass is 19.1. The molecule has 0 aliphatic carbocycles. The Balaban J connectivity index is 1.40. The number of benzene rings is 1. The summed E-state index contributed by atoms with van der Waals surface area (Å²) >= 11 is 0. The lowest BCUT2D eigenvalue weighted by atomic mass is 10.0. The maximum absolute atomic E-state index is 14.5. The Bertz CT molecular complexity index is 1570. The Morgan fingerprint density at radius 3 is 2.49 bits per heavy atom. The van der Waals surface area contributed by atoms with E-state index in [9.17, 15) is 18.8 Å². The molecule has 1 aliphatic rings. The maximum atomic E-state index is 14.5. The van der Waals surface area contributed by atoms with Crippen molar-refractivity contribution in [3.8, 4) is 11.1 Å². The van der Waals surface area contributed by atoms with Crippen molar-refractivity contribution < 1.29 is 18.8 Å². The first-order valence-corrected chi connectivity index (χ1v) is 12.9. The van der Waals surface area contributed by atoms with Crippen LogP contribution < -0.4 is 0 Å². The minimum Gasteiger partial charge on any atom is -0.328 e. The summed E-state index contributed by atoms with van der Waals surface area (Å²) in [4.78, 5) is 48.8. The molecule has 1 aliphatic heterocycles. The van der Waals surface area contributed by atoms with Crippen LogP contribution >= 0.6 is 0 Å². The number of fused-ring (bicyclic) bond motifs is 1. The lowest BCUT2D eigenvalue weighted by Gasteiger charge is -2.23. The largest absolute Gasteiger partial charge is 0.328 e. The van der Waals surface area contributed by atoms with Gasteiger partial charge < -0.3 is 4.90 Å². The Kier molecular flexibility index (Phi) is 7.07. The summed E-state index contributed by atoms with van der Waals surface area (Å²) in [5, 5.41) is 9.44. The number of hydrogen-bond acceptors (Lipinski definition) is 7. The van der Waals surface area contributed by atoms with E-state index >= 15 is 0 Å². The van der Waals surface area contributed by atoms with E-state index in [0.717, 1.165) is 16.7 Å². The zero-order valence-corrected chi connectivity index (χ0v) is 22.4. The molecule has 0 saturated carbocycles. The molecule has 10 nitrogen and oxygen atoms in total. The Labute approximate surface area is 224 Å². The van der Waals surface area contributed by atoms with Crippen LogP contribution in [0.4, 0.5) is 4.39 Å². The van der Waals surface area contributed by atoms with Crippen molar-refractivity contribution in [2.24, 2.45) is 0 Å². The Morgan fingerprint density at radius 1 is 1.08 bits per heavy atom. The lowest BCUT2D eigenvalue weighted by Crippen LogP contribution is -2.43. The van der Waals surface area contributed by atoms with Crippen LogP contribution in [-0.2, 0) is 29.1 Å². The van der Waals surface area contributed by atoms with E-state index in [4.69, 9.17) is 0 Å². The predicted octanol–water partition coefficient (Wildman–Crippen LogP) is 3.28. The van der Waals surface area contributed by atoms with Crippen molar-refractivity contribution in [3.05, 3.63) is 59.6 Å². The molecule has 0 radical (unpaired) electrons. The van der Waals surface area contributed by atoms with Gasteiger partial charge in [-0.15, -0.1) is 0 Å². The van der Waals surface area contributed by atoms with Crippen LogP contribution in [0.3, 0.4) is 0 Å². The van der Waals surface area contributed by atoms with Crippen LogP contribution in [0.15, 0.2) is 36.8 Å². The van der Waals surface area contributed by atoms with Crippen molar-refractivity contribution >= 4 is 28.4 Å². The van der Waals surface area contributed by atoms with Gasteiger partial charge in [0, 0.05) is 49.4 Å². The monoisotopic (exact) mass is 531 g/mol. The van der Waals surface area contributed by atoms with E-state index in [1.54, 1.807) is 30.1 Å². The summed E-state index contributed by atoms with van der Waals surface area (Å²) in [5.74, 6) is -0.272. The van der Waals surface area contributed by atoms with Crippen LogP contribution in [0, 0.1) is 13.8 Å². The number of carbonyl (C=O) groups excluding carboxylic acids is 3. The Morgan fingerprint density at radius 2 is 1.82 bits per heavy atom. The fraction of sp³-hybridized carbons (Fsp3) is 0.393. The van der Waals surface area contributed by atoms with Gasteiger partial charge in [-0.1, -0.05) is 6.07 Å². The molecular formula is C28H30FN7O3. The van der Waals surface area contributed by atoms with Crippen LogP contribution in [-0.4, -0.2) is 70.7 Å². The number of aromatic nitrogens is 6. The highest BCUT2D eigenvalue weighted by molar-refractivity contribution is 6.06. The van der Waals surface area contributed by atoms with Crippen molar-refractivity contribution in [2.75, 3.05) is 6.54 Å². The van der Waals surface area contributed by atoms with Crippen molar-refractivity contribution in [1.29, 1.82) is 0 Å². The third-order valence-corrected chi connectivity index (χ3v) is 7.14. The molecule has 11 heteroatoms. The highest BCUT2D eigenvalue weighted by Crippen LogP contribution is 2.28. The summed E-state index contributed by atoms with van der Waals surface area (Å²) in [5.41, 5.74) is 3.93. The number of carbonyl (C=O) groups is 3. The van der Waals surface area contributed by atoms with Gasteiger partial charge in [0.05, 0.1) is 30.2 Å². The van der Waals surface area contributed by atoms with Gasteiger partial charge >= 0.3 is 0 Å². The fourth-order valence-corrected chi connectivity index (χ4v) is 5.05. The van der Waals surface area contributed by atoms with Crippen LogP contribution in [0.25, 0.3) is 22.0 Å². The molecule has 0 spiro atoms. The Hall–Kier alpha value is -4.28. The number of Topliss-reactive ketones (excluding diaryl/α,β-unsaturated/α-hetero) is 2. The summed E-state index contributed by atoms with van der Waals surface area (Å²) < 4.78 is 17.7. The lowest BCUT2D eigenvalue weighted by molar-refractivity contribution is -0.138. The topological polar surface area (TPSA) is 116 Å². The van der Waals surface area contributed by atoms with Crippen molar-refractivity contribution in [2.45, 2.75) is 65.8 Å². The van der Waals surface area contributed by atoms with Gasteiger partial charge in [-0.05, 0) is 44.0 Å². The minimum absolute atomic E-state index is 0.0324. The van der Waals surface area contributed by atoms with Crippen molar-refractivity contribution in [1.82, 2.24) is 34.4 Å². The van der Waals surface area contributed by atoms with E-state index in [0.29, 0.717) is 29.0 Å². The summed E-state index contributed by atoms with van der Waals surface area (Å²) in [6.45, 7) is 7.34. The number of aryl methyl sites for hydroxylation is 3.